The second-order valence-corrected chi connectivity index (χ2v) is 5.80. The van der Waals surface area contributed by atoms with Gasteiger partial charge in [0.1, 0.15) is 12.1 Å². The fourth-order valence-corrected chi connectivity index (χ4v) is 2.65. The topological polar surface area (TPSA) is 109 Å². The first-order valence-electron chi connectivity index (χ1n) is 7.78. The molecule has 0 aliphatic carbocycles. The third-order valence-electron chi connectivity index (χ3n) is 3.75. The van der Waals surface area contributed by atoms with Crippen LogP contribution in [0.25, 0.3) is 16.9 Å². The molecule has 0 unspecified atom stereocenters. The number of hydrogen-bond acceptors (Lipinski definition) is 7. The van der Waals surface area contributed by atoms with Crippen LogP contribution in [0.5, 0.6) is 5.75 Å². The van der Waals surface area contributed by atoms with Crippen molar-refractivity contribution < 1.29 is 27.5 Å². The number of benzene rings is 1. The van der Waals surface area contributed by atoms with Crippen LogP contribution in [0.3, 0.4) is 0 Å². The normalized spacial score (nSPS) is 11.8. The van der Waals surface area contributed by atoms with Gasteiger partial charge in [0.05, 0.1) is 5.69 Å². The molecule has 0 amide bonds. The third-order valence-corrected chi connectivity index (χ3v) is 3.75. The summed E-state index contributed by atoms with van der Waals surface area (Å²) in [6.45, 7) is 2.34. The maximum Gasteiger partial charge on any atom is 0.573 e. The first kappa shape index (κ1) is 19.2. The molecule has 0 fully saturated rings. The Hall–Kier alpha value is -3.57. The van der Waals surface area contributed by atoms with Crippen LogP contribution in [-0.4, -0.2) is 42.5 Å². The summed E-state index contributed by atoms with van der Waals surface area (Å²) in [5.41, 5.74) is -0.665. The summed E-state index contributed by atoms with van der Waals surface area (Å²) >= 11 is 0. The van der Waals surface area contributed by atoms with Gasteiger partial charge in [0, 0.05) is 0 Å². The van der Waals surface area contributed by atoms with Gasteiger partial charge in [-0.15, -0.1) is 18.3 Å². The van der Waals surface area contributed by atoms with Crippen LogP contribution >= 0.6 is 0 Å². The Kier molecular flexibility index (Phi) is 4.71. The lowest BCUT2D eigenvalue weighted by Gasteiger charge is -2.13. The lowest BCUT2D eigenvalue weighted by molar-refractivity contribution is -0.274. The monoisotopic (exact) mass is 395 g/mol. The minimum absolute atomic E-state index is 0.0107. The van der Waals surface area contributed by atoms with Crippen molar-refractivity contribution in [3.05, 3.63) is 40.9 Å². The molecule has 1 aromatic carbocycles. The molecule has 0 atom stereocenters. The number of halogens is 3. The molecule has 0 saturated carbocycles. The van der Waals surface area contributed by atoms with E-state index in [1.807, 2.05) is 0 Å². The van der Waals surface area contributed by atoms with Crippen molar-refractivity contribution in [2.45, 2.75) is 26.3 Å². The predicted octanol–water partition coefficient (Wildman–Crippen LogP) is 1.59. The van der Waals surface area contributed by atoms with Crippen molar-refractivity contribution in [3.63, 3.8) is 0 Å². The van der Waals surface area contributed by atoms with E-state index in [0.29, 0.717) is 0 Å². The second kappa shape index (κ2) is 6.87. The Morgan fingerprint density at radius 3 is 2.25 bits per heavy atom. The van der Waals surface area contributed by atoms with Gasteiger partial charge in [-0.3, -0.25) is 19.0 Å². The summed E-state index contributed by atoms with van der Waals surface area (Å²) in [6, 6.07) is 3.36. The van der Waals surface area contributed by atoms with Gasteiger partial charge in [-0.05, 0) is 38.1 Å². The minimum Gasteiger partial charge on any atom is -0.406 e. The van der Waals surface area contributed by atoms with E-state index < -0.39 is 35.3 Å². The number of aromatic nitrogens is 5. The molecular weight excluding hydrogens is 383 g/mol. The molecule has 0 N–H and O–H groups in total. The highest BCUT2D eigenvalue weighted by molar-refractivity contribution is 6.02. The average molecular weight is 395 g/mol. The summed E-state index contributed by atoms with van der Waals surface area (Å²) < 4.78 is 42.5. The highest BCUT2D eigenvalue weighted by Crippen LogP contribution is 2.24. The molecule has 0 saturated heterocycles. The van der Waals surface area contributed by atoms with Crippen LogP contribution in [-0.2, 0) is 9.59 Å². The van der Waals surface area contributed by atoms with Crippen molar-refractivity contribution >= 4 is 22.7 Å². The molecule has 9 nitrogen and oxygen atoms in total. The van der Waals surface area contributed by atoms with Crippen molar-refractivity contribution in [2.24, 2.45) is 0 Å². The number of Topliss-reactive ketones (excluding diaryl/α,β-unsaturated/α-hetero) is 2. The number of rotatable bonds is 5. The van der Waals surface area contributed by atoms with Crippen molar-refractivity contribution in [2.75, 3.05) is 0 Å². The van der Waals surface area contributed by atoms with Crippen LogP contribution in [0.2, 0.25) is 0 Å². The zero-order chi connectivity index (χ0) is 20.6. The van der Waals surface area contributed by atoms with Crippen LogP contribution in [0, 0.1) is 0 Å². The number of carbonyl (C=O) groups is 2. The Balaban J connectivity index is 2.04. The number of nitrogens with zero attached hydrogens (tertiary/aromatic N) is 5. The summed E-state index contributed by atoms with van der Waals surface area (Å²) in [6.07, 6.45) is -3.79. The lowest BCUT2D eigenvalue weighted by atomic mass is 10.1. The van der Waals surface area contributed by atoms with E-state index in [2.05, 4.69) is 20.0 Å². The van der Waals surface area contributed by atoms with Gasteiger partial charge in [0.2, 0.25) is 0 Å². The van der Waals surface area contributed by atoms with E-state index in [1.54, 1.807) is 0 Å². The predicted molar refractivity (Wildman–Crippen MR) is 88.0 cm³/mol. The zero-order valence-corrected chi connectivity index (χ0v) is 14.5. The van der Waals surface area contributed by atoms with Crippen LogP contribution < -0.4 is 10.3 Å². The Morgan fingerprint density at radius 2 is 1.71 bits per heavy atom. The number of ether oxygens (including phenoxy) is 1. The Bertz CT molecular complexity index is 1100. The number of alkyl halides is 3. The van der Waals surface area contributed by atoms with Gasteiger partial charge >= 0.3 is 6.36 Å². The first-order valence-corrected chi connectivity index (χ1v) is 7.78. The van der Waals surface area contributed by atoms with Gasteiger partial charge in [-0.2, -0.15) is 4.68 Å². The van der Waals surface area contributed by atoms with Gasteiger partial charge < -0.3 is 4.74 Å². The summed E-state index contributed by atoms with van der Waals surface area (Å²) in [5.74, 6) is -1.51. The van der Waals surface area contributed by atoms with Crippen molar-refractivity contribution in [3.8, 4) is 11.4 Å². The molecule has 0 spiro atoms. The highest BCUT2D eigenvalue weighted by Gasteiger charge is 2.31. The van der Waals surface area contributed by atoms with Crippen LogP contribution in [0.15, 0.2) is 35.4 Å². The van der Waals surface area contributed by atoms with E-state index in [9.17, 15) is 27.6 Å². The van der Waals surface area contributed by atoms with Crippen molar-refractivity contribution in [1.29, 1.82) is 0 Å². The number of carbonyl (C=O) groups excluding carboxylic acids is 2. The molecule has 0 aliphatic heterocycles. The molecule has 3 rings (SSSR count). The smallest absolute Gasteiger partial charge is 0.406 e. The molecule has 0 radical (unpaired) electrons. The number of hydrogen-bond donors (Lipinski definition) is 0. The maximum absolute atomic E-state index is 12.6. The fourth-order valence-electron chi connectivity index (χ4n) is 2.65. The van der Waals surface area contributed by atoms with Gasteiger partial charge in [-0.1, -0.05) is 5.21 Å². The quantitative estimate of drug-likeness (QED) is 0.604. The molecule has 2 aromatic heterocycles. The average Bonchev–Trinajstić information content (AvgIpc) is 3.00. The molecular formula is C16H12F3N5O4. The standard InChI is InChI=1S/C16H12F3N5O4/c1-8(25)13(9(2)26)23-7-20-14-12(15(23)27)21-22-24(14)10-3-5-11(6-4-10)28-16(17,18)19/h3-7,13H,1-2H3. The molecule has 2 heterocycles. The maximum atomic E-state index is 12.6. The second-order valence-electron chi connectivity index (χ2n) is 5.80. The zero-order valence-electron chi connectivity index (χ0n) is 14.5. The number of ketones is 2. The first-order chi connectivity index (χ1) is 13.1. The molecule has 0 bridgehead atoms. The van der Waals surface area contributed by atoms with Gasteiger partial charge in [-0.25, -0.2) is 4.98 Å². The molecule has 3 aromatic rings. The molecule has 146 valence electrons. The SMILES string of the molecule is CC(=O)C(C(C)=O)n1cnc2c(nnn2-c2ccc(OC(F)(F)F)cc2)c1=O. The molecule has 0 aliphatic rings. The van der Waals surface area contributed by atoms with Gasteiger partial charge in [0.15, 0.2) is 28.8 Å². The van der Waals surface area contributed by atoms with E-state index in [-0.39, 0.29) is 16.9 Å². The van der Waals surface area contributed by atoms with Crippen LogP contribution in [0.1, 0.15) is 19.9 Å². The van der Waals surface area contributed by atoms with E-state index in [4.69, 9.17) is 0 Å². The molecule has 28 heavy (non-hydrogen) atoms. The lowest BCUT2D eigenvalue weighted by Crippen LogP contribution is -2.33. The summed E-state index contributed by atoms with van der Waals surface area (Å²) in [4.78, 5) is 40.0. The number of fused-ring (bicyclic) bond motifs is 1. The Morgan fingerprint density at radius 1 is 1.11 bits per heavy atom. The minimum atomic E-state index is -4.82. The van der Waals surface area contributed by atoms with Gasteiger partial charge in [0.25, 0.3) is 5.56 Å². The van der Waals surface area contributed by atoms with E-state index >= 15 is 0 Å². The fraction of sp³-hybridized carbons (Fsp3) is 0.250. The summed E-state index contributed by atoms with van der Waals surface area (Å²) in [5, 5.41) is 7.50. The van der Waals surface area contributed by atoms with Crippen LogP contribution in [0.4, 0.5) is 13.2 Å². The highest BCUT2D eigenvalue weighted by atomic mass is 19.4. The molecule has 12 heteroatoms. The van der Waals surface area contributed by atoms with E-state index in [1.165, 1.54) is 26.0 Å². The Labute approximate surface area is 154 Å². The third kappa shape index (κ3) is 3.61. The van der Waals surface area contributed by atoms with Crippen molar-refractivity contribution in [1.82, 2.24) is 24.5 Å². The van der Waals surface area contributed by atoms with E-state index in [0.717, 1.165) is 27.7 Å². The largest absolute Gasteiger partial charge is 0.573 e. The summed E-state index contributed by atoms with van der Waals surface area (Å²) in [7, 11) is 0.